The molecule has 0 aliphatic carbocycles. The zero-order chi connectivity index (χ0) is 20.1. The number of rotatable bonds is 7. The molecule has 2 N–H and O–H groups in total. The fourth-order valence-corrected chi connectivity index (χ4v) is 3.08. The van der Waals surface area contributed by atoms with Crippen LogP contribution < -0.4 is 15.6 Å². The van der Waals surface area contributed by atoms with E-state index in [0.29, 0.717) is 23.4 Å². The number of benzene rings is 2. The number of unbranched alkanes of at least 4 members (excludes halogenated alkanes) is 1. The number of carbonyl (C=O) groups is 1. The first-order valence-electron chi connectivity index (χ1n) is 9.69. The molecule has 1 heterocycles. The molecule has 0 atom stereocenters. The highest BCUT2D eigenvalue weighted by Gasteiger charge is 2.10. The molecule has 1 amide bonds. The van der Waals surface area contributed by atoms with Crippen LogP contribution in [0.5, 0.6) is 5.75 Å². The van der Waals surface area contributed by atoms with E-state index in [-0.39, 0.29) is 17.4 Å². The number of H-pyrrole nitrogens is 1. The second kappa shape index (κ2) is 8.74. The van der Waals surface area contributed by atoms with Gasteiger partial charge in [0.15, 0.2) is 0 Å². The van der Waals surface area contributed by atoms with Crippen LogP contribution in [0.2, 0.25) is 0 Å². The minimum absolute atomic E-state index is 0.140. The molecular formula is C23H26N2O3. The molecule has 3 aromatic rings. The van der Waals surface area contributed by atoms with Crippen molar-refractivity contribution in [2.75, 3.05) is 11.9 Å². The van der Waals surface area contributed by atoms with Crippen molar-refractivity contribution < 1.29 is 9.53 Å². The number of hydrogen-bond acceptors (Lipinski definition) is 3. The number of hydrogen-bond donors (Lipinski definition) is 2. The van der Waals surface area contributed by atoms with Gasteiger partial charge in [-0.15, -0.1) is 0 Å². The van der Waals surface area contributed by atoms with E-state index >= 15 is 0 Å². The molecule has 0 aliphatic heterocycles. The van der Waals surface area contributed by atoms with Gasteiger partial charge in [-0.05, 0) is 54.3 Å². The molecule has 5 nitrogen and oxygen atoms in total. The Labute approximate surface area is 164 Å². The molecule has 0 saturated heterocycles. The summed E-state index contributed by atoms with van der Waals surface area (Å²) in [7, 11) is 0. The fourth-order valence-electron chi connectivity index (χ4n) is 3.08. The largest absolute Gasteiger partial charge is 0.494 e. The number of aromatic amines is 1. The number of aromatic nitrogens is 1. The van der Waals surface area contributed by atoms with Crippen LogP contribution in [0.15, 0.2) is 53.3 Å². The van der Waals surface area contributed by atoms with Gasteiger partial charge in [0.2, 0.25) is 5.56 Å². The lowest BCUT2D eigenvalue weighted by atomic mass is 9.99. The molecule has 0 saturated carbocycles. The zero-order valence-electron chi connectivity index (χ0n) is 16.5. The van der Waals surface area contributed by atoms with E-state index < -0.39 is 0 Å². The van der Waals surface area contributed by atoms with Gasteiger partial charge in [0.1, 0.15) is 5.75 Å². The van der Waals surface area contributed by atoms with E-state index in [0.717, 1.165) is 29.5 Å². The second-order valence-corrected chi connectivity index (χ2v) is 7.18. The second-order valence-electron chi connectivity index (χ2n) is 7.18. The standard InChI is InChI=1S/C23H26N2O3/c1-4-5-12-28-18-9-6-16(7-10-18)23(27)24-17-8-11-19-20(15(2)3)14-22(26)25-21(19)13-17/h6-11,13-15H,4-5,12H2,1-3H3,(H,24,27)(H,25,26). The summed E-state index contributed by atoms with van der Waals surface area (Å²) in [5.74, 6) is 0.791. The number of carbonyl (C=O) groups excluding carboxylic acids is 1. The highest BCUT2D eigenvalue weighted by Crippen LogP contribution is 2.25. The van der Waals surface area contributed by atoms with E-state index in [2.05, 4.69) is 31.1 Å². The third-order valence-electron chi connectivity index (χ3n) is 4.64. The smallest absolute Gasteiger partial charge is 0.255 e. The van der Waals surface area contributed by atoms with Crippen LogP contribution in [0.1, 0.15) is 55.5 Å². The van der Waals surface area contributed by atoms with E-state index in [1.54, 1.807) is 36.4 Å². The van der Waals surface area contributed by atoms with Crippen molar-refractivity contribution in [3.63, 3.8) is 0 Å². The van der Waals surface area contributed by atoms with Gasteiger partial charge in [-0.3, -0.25) is 9.59 Å². The maximum absolute atomic E-state index is 12.5. The quantitative estimate of drug-likeness (QED) is 0.563. The van der Waals surface area contributed by atoms with Crippen LogP contribution >= 0.6 is 0 Å². The van der Waals surface area contributed by atoms with Crippen LogP contribution in [0.3, 0.4) is 0 Å². The minimum Gasteiger partial charge on any atom is -0.494 e. The van der Waals surface area contributed by atoms with Gasteiger partial charge in [-0.1, -0.05) is 33.3 Å². The van der Waals surface area contributed by atoms with Crippen LogP contribution in [0.25, 0.3) is 10.9 Å². The van der Waals surface area contributed by atoms with Crippen LogP contribution in [0.4, 0.5) is 5.69 Å². The Balaban J connectivity index is 1.76. The van der Waals surface area contributed by atoms with Crippen LogP contribution in [-0.2, 0) is 0 Å². The van der Waals surface area contributed by atoms with Crippen LogP contribution in [0, 0.1) is 0 Å². The number of anilines is 1. The number of pyridine rings is 1. The van der Waals surface area contributed by atoms with Crippen molar-refractivity contribution in [3.8, 4) is 5.75 Å². The lowest BCUT2D eigenvalue weighted by Gasteiger charge is -2.11. The normalized spacial score (nSPS) is 11.0. The number of fused-ring (bicyclic) bond motifs is 1. The Bertz CT molecular complexity index is 1020. The van der Waals surface area contributed by atoms with E-state index in [9.17, 15) is 9.59 Å². The Morgan fingerprint density at radius 1 is 1.11 bits per heavy atom. The molecule has 1 aromatic heterocycles. The van der Waals surface area contributed by atoms with Crippen molar-refractivity contribution in [3.05, 3.63) is 70.0 Å². The lowest BCUT2D eigenvalue weighted by Crippen LogP contribution is -2.12. The van der Waals surface area contributed by atoms with E-state index in [4.69, 9.17) is 4.74 Å². The third-order valence-corrected chi connectivity index (χ3v) is 4.64. The van der Waals surface area contributed by atoms with Gasteiger partial charge in [0.25, 0.3) is 5.91 Å². The van der Waals surface area contributed by atoms with Crippen molar-refractivity contribution >= 4 is 22.5 Å². The Morgan fingerprint density at radius 2 is 1.86 bits per heavy atom. The first kappa shape index (κ1) is 19.7. The van der Waals surface area contributed by atoms with Gasteiger partial charge in [-0.2, -0.15) is 0 Å². The molecule has 146 valence electrons. The monoisotopic (exact) mass is 378 g/mol. The van der Waals surface area contributed by atoms with Crippen molar-refractivity contribution in [1.29, 1.82) is 0 Å². The summed E-state index contributed by atoms with van der Waals surface area (Å²) in [4.78, 5) is 27.3. The predicted octanol–water partition coefficient (Wildman–Crippen LogP) is 5.08. The Hall–Kier alpha value is -3.08. The van der Waals surface area contributed by atoms with E-state index in [1.165, 1.54) is 0 Å². The summed E-state index contributed by atoms with van der Waals surface area (Å²) >= 11 is 0. The summed E-state index contributed by atoms with van der Waals surface area (Å²) in [5, 5.41) is 3.88. The molecule has 3 rings (SSSR count). The van der Waals surface area contributed by atoms with E-state index in [1.807, 2.05) is 12.1 Å². The maximum Gasteiger partial charge on any atom is 0.255 e. The maximum atomic E-state index is 12.5. The predicted molar refractivity (Wildman–Crippen MR) is 113 cm³/mol. The molecule has 28 heavy (non-hydrogen) atoms. The summed E-state index contributed by atoms with van der Waals surface area (Å²) in [5.41, 5.74) is 2.76. The molecule has 0 spiro atoms. The summed E-state index contributed by atoms with van der Waals surface area (Å²) in [6.45, 7) is 6.90. The average Bonchev–Trinajstić information content (AvgIpc) is 2.67. The first-order valence-corrected chi connectivity index (χ1v) is 9.69. The van der Waals surface area contributed by atoms with Crippen molar-refractivity contribution in [2.45, 2.75) is 39.5 Å². The van der Waals surface area contributed by atoms with Gasteiger partial charge in [0.05, 0.1) is 12.1 Å². The molecule has 0 aliphatic rings. The highest BCUT2D eigenvalue weighted by molar-refractivity contribution is 6.05. The van der Waals surface area contributed by atoms with Crippen LogP contribution in [-0.4, -0.2) is 17.5 Å². The number of amides is 1. The first-order chi connectivity index (χ1) is 13.5. The van der Waals surface area contributed by atoms with Gasteiger partial charge >= 0.3 is 0 Å². The van der Waals surface area contributed by atoms with Gasteiger partial charge in [0, 0.05) is 22.7 Å². The molecule has 0 unspecified atom stereocenters. The fraction of sp³-hybridized carbons (Fsp3) is 0.304. The average molecular weight is 378 g/mol. The summed E-state index contributed by atoms with van der Waals surface area (Å²) < 4.78 is 5.62. The molecular weight excluding hydrogens is 352 g/mol. The number of nitrogens with one attached hydrogen (secondary N) is 2. The molecule has 5 heteroatoms. The molecule has 2 aromatic carbocycles. The SMILES string of the molecule is CCCCOc1ccc(C(=O)Nc2ccc3c(C(C)C)cc(=O)[nH]c3c2)cc1. The lowest BCUT2D eigenvalue weighted by molar-refractivity contribution is 0.102. The topological polar surface area (TPSA) is 71.2 Å². The third kappa shape index (κ3) is 4.60. The van der Waals surface area contributed by atoms with Gasteiger partial charge in [-0.25, -0.2) is 0 Å². The number of ether oxygens (including phenoxy) is 1. The summed E-state index contributed by atoms with van der Waals surface area (Å²) in [6.07, 6.45) is 2.08. The van der Waals surface area contributed by atoms with Gasteiger partial charge < -0.3 is 15.0 Å². The molecule has 0 bridgehead atoms. The van der Waals surface area contributed by atoms with Crippen molar-refractivity contribution in [1.82, 2.24) is 4.98 Å². The Morgan fingerprint density at radius 3 is 2.54 bits per heavy atom. The summed E-state index contributed by atoms with van der Waals surface area (Å²) in [6, 6.07) is 14.3. The molecule has 0 fully saturated rings. The highest BCUT2D eigenvalue weighted by atomic mass is 16.5. The minimum atomic E-state index is -0.207. The zero-order valence-corrected chi connectivity index (χ0v) is 16.5. The molecule has 0 radical (unpaired) electrons. The Kier molecular flexibility index (Phi) is 6.14. The van der Waals surface area contributed by atoms with Crippen molar-refractivity contribution in [2.24, 2.45) is 0 Å².